The number of halogens is 1. The summed E-state index contributed by atoms with van der Waals surface area (Å²) in [5.41, 5.74) is 10.6. The van der Waals surface area contributed by atoms with Gasteiger partial charge in [-0.2, -0.15) is 5.26 Å². The lowest BCUT2D eigenvalue weighted by Crippen LogP contribution is -2.38. The Balaban J connectivity index is 1.96. The number of allylic oxidation sites excluding steroid dienone is 3. The molecule has 0 saturated heterocycles. The largest absolute Gasteiger partial charge is 0.384 e. The Bertz CT molecular complexity index is 1120. The van der Waals surface area contributed by atoms with Crippen molar-refractivity contribution < 1.29 is 4.79 Å². The average molecular weight is 470 g/mol. The molecule has 1 aliphatic heterocycles. The molecule has 0 fully saturated rings. The minimum absolute atomic E-state index is 0.113. The van der Waals surface area contributed by atoms with Gasteiger partial charge in [0.05, 0.1) is 21.8 Å². The molecule has 1 aliphatic carbocycles. The third-order valence-corrected chi connectivity index (χ3v) is 8.44. The summed E-state index contributed by atoms with van der Waals surface area (Å²) in [6.45, 7) is 4.25. The van der Waals surface area contributed by atoms with E-state index in [1.165, 1.54) is 9.09 Å². The van der Waals surface area contributed by atoms with E-state index in [1.807, 2.05) is 17.0 Å². The molecule has 0 spiro atoms. The normalized spacial score (nSPS) is 19.0. The topological polar surface area (TPSA) is 70.1 Å². The standard InChI is InChI=1S/C24H24ClN3OS2/c1-3-16-12-17(24(31-16)30-4-2)21-18(13-26)23(27)28(15-10-8-14(25)9-11-15)19-6-5-7-20(29)22(19)21/h8-12,21H,3-7,27H2,1-2H3/t21-/m0/s1. The van der Waals surface area contributed by atoms with Gasteiger partial charge in [-0.1, -0.05) is 25.4 Å². The molecule has 0 unspecified atom stereocenters. The summed E-state index contributed by atoms with van der Waals surface area (Å²) < 4.78 is 1.18. The fraction of sp³-hybridized carbons (Fsp3) is 0.333. The molecule has 0 saturated carbocycles. The number of rotatable bonds is 5. The Morgan fingerprint density at radius 2 is 2.03 bits per heavy atom. The lowest BCUT2D eigenvalue weighted by atomic mass is 9.76. The van der Waals surface area contributed by atoms with Crippen molar-refractivity contribution in [3.63, 3.8) is 0 Å². The summed E-state index contributed by atoms with van der Waals surface area (Å²) in [6, 6.07) is 11.9. The second-order valence-electron chi connectivity index (χ2n) is 7.53. The summed E-state index contributed by atoms with van der Waals surface area (Å²) in [6.07, 6.45) is 2.96. The van der Waals surface area contributed by atoms with Crippen LogP contribution in [0.15, 0.2) is 57.2 Å². The van der Waals surface area contributed by atoms with E-state index < -0.39 is 5.92 Å². The van der Waals surface area contributed by atoms with Crippen molar-refractivity contribution in [2.24, 2.45) is 5.73 Å². The number of nitriles is 1. The van der Waals surface area contributed by atoms with Crippen LogP contribution in [0.4, 0.5) is 5.69 Å². The van der Waals surface area contributed by atoms with Crippen LogP contribution in [0, 0.1) is 11.3 Å². The monoisotopic (exact) mass is 469 g/mol. The van der Waals surface area contributed by atoms with Crippen LogP contribution in [0.3, 0.4) is 0 Å². The molecule has 0 radical (unpaired) electrons. The number of thioether (sulfide) groups is 1. The van der Waals surface area contributed by atoms with Crippen molar-refractivity contribution in [3.8, 4) is 6.07 Å². The van der Waals surface area contributed by atoms with E-state index in [2.05, 4.69) is 26.0 Å². The number of anilines is 1. The first-order valence-electron chi connectivity index (χ1n) is 10.5. The molecule has 2 N–H and O–H groups in total. The minimum Gasteiger partial charge on any atom is -0.384 e. The van der Waals surface area contributed by atoms with Crippen molar-refractivity contribution in [2.75, 3.05) is 10.7 Å². The number of nitrogens with two attached hydrogens (primary N) is 1. The molecule has 1 atom stereocenters. The Labute approximate surface area is 196 Å². The highest BCUT2D eigenvalue weighted by molar-refractivity contribution is 8.01. The Morgan fingerprint density at radius 1 is 1.29 bits per heavy atom. The molecule has 0 amide bonds. The first-order valence-corrected chi connectivity index (χ1v) is 12.6. The second kappa shape index (κ2) is 9.12. The third kappa shape index (κ3) is 3.91. The number of hydrogen-bond acceptors (Lipinski definition) is 6. The smallest absolute Gasteiger partial charge is 0.161 e. The highest BCUT2D eigenvalue weighted by atomic mass is 35.5. The van der Waals surface area contributed by atoms with Gasteiger partial charge in [-0.05, 0) is 60.9 Å². The lowest BCUT2D eigenvalue weighted by Gasteiger charge is -2.39. The highest BCUT2D eigenvalue weighted by Gasteiger charge is 2.41. The molecule has 2 aliphatic rings. The fourth-order valence-corrected chi connectivity index (χ4v) is 6.85. The zero-order valence-corrected chi connectivity index (χ0v) is 20.0. The molecular formula is C24H24ClN3OS2. The number of thiophene rings is 1. The zero-order chi connectivity index (χ0) is 22.1. The van der Waals surface area contributed by atoms with E-state index in [0.717, 1.165) is 47.5 Å². The first kappa shape index (κ1) is 22.0. The van der Waals surface area contributed by atoms with Gasteiger partial charge < -0.3 is 5.73 Å². The summed E-state index contributed by atoms with van der Waals surface area (Å²) in [4.78, 5) is 16.4. The molecule has 4 rings (SSSR count). The second-order valence-corrected chi connectivity index (χ2v) is 10.6. The van der Waals surface area contributed by atoms with Crippen LogP contribution in [-0.4, -0.2) is 11.5 Å². The van der Waals surface area contributed by atoms with Crippen LogP contribution in [0.2, 0.25) is 5.02 Å². The Hall–Kier alpha value is -2.20. The molecule has 2 heterocycles. The van der Waals surface area contributed by atoms with Gasteiger partial charge in [0.25, 0.3) is 0 Å². The van der Waals surface area contributed by atoms with Gasteiger partial charge in [0, 0.05) is 33.3 Å². The van der Waals surface area contributed by atoms with E-state index in [0.29, 0.717) is 22.8 Å². The van der Waals surface area contributed by atoms with Crippen LogP contribution < -0.4 is 10.6 Å². The highest BCUT2D eigenvalue weighted by Crippen LogP contribution is 2.50. The molecule has 2 aromatic rings. The minimum atomic E-state index is -0.401. The molecule has 0 bridgehead atoms. The molecule has 1 aromatic carbocycles. The fourth-order valence-electron chi connectivity index (χ4n) is 4.34. The van der Waals surface area contributed by atoms with Crippen LogP contribution in [0.25, 0.3) is 0 Å². The number of benzene rings is 1. The summed E-state index contributed by atoms with van der Waals surface area (Å²) >= 11 is 9.62. The maximum absolute atomic E-state index is 13.3. The maximum atomic E-state index is 13.3. The zero-order valence-electron chi connectivity index (χ0n) is 17.6. The molecule has 1 aromatic heterocycles. The average Bonchev–Trinajstić information content (AvgIpc) is 3.17. The van der Waals surface area contributed by atoms with Crippen LogP contribution in [0.5, 0.6) is 0 Å². The van der Waals surface area contributed by atoms with Gasteiger partial charge in [0.1, 0.15) is 5.82 Å². The Kier molecular flexibility index (Phi) is 6.47. The number of hydrogen-bond donors (Lipinski definition) is 1. The quantitative estimate of drug-likeness (QED) is 0.514. The van der Waals surface area contributed by atoms with E-state index in [9.17, 15) is 10.1 Å². The molecule has 7 heteroatoms. The number of carbonyl (C=O) groups excluding carboxylic acids is 1. The molecule has 160 valence electrons. The molecule has 4 nitrogen and oxygen atoms in total. The number of nitrogens with zero attached hydrogens (tertiary/aromatic N) is 2. The number of Topliss-reactive ketones (excluding diaryl/α,β-unsaturated/α-hetero) is 1. The van der Waals surface area contributed by atoms with Gasteiger partial charge in [0.15, 0.2) is 5.78 Å². The van der Waals surface area contributed by atoms with Gasteiger partial charge >= 0.3 is 0 Å². The molecular weight excluding hydrogens is 446 g/mol. The molecule has 31 heavy (non-hydrogen) atoms. The van der Waals surface area contributed by atoms with Crippen LogP contribution in [-0.2, 0) is 11.2 Å². The third-order valence-electron chi connectivity index (χ3n) is 5.71. The van der Waals surface area contributed by atoms with E-state index in [-0.39, 0.29) is 5.78 Å². The predicted octanol–water partition coefficient (Wildman–Crippen LogP) is 6.38. The maximum Gasteiger partial charge on any atom is 0.161 e. The summed E-state index contributed by atoms with van der Waals surface area (Å²) in [7, 11) is 0. The van der Waals surface area contributed by atoms with Crippen molar-refractivity contribution in [2.45, 2.75) is 49.7 Å². The van der Waals surface area contributed by atoms with Crippen LogP contribution >= 0.6 is 34.7 Å². The Morgan fingerprint density at radius 3 is 2.68 bits per heavy atom. The first-order chi connectivity index (χ1) is 15.0. The number of carbonyl (C=O) groups is 1. The summed E-state index contributed by atoms with van der Waals surface area (Å²) in [5, 5.41) is 10.8. The van der Waals surface area contributed by atoms with Crippen molar-refractivity contribution in [3.05, 3.63) is 68.5 Å². The van der Waals surface area contributed by atoms with Crippen LogP contribution in [0.1, 0.15) is 49.5 Å². The SMILES string of the molecule is CCSc1sc(CC)cc1[C@H]1C(C#N)=C(N)N(c2ccc(Cl)cc2)C2=C1C(=O)CCC2. The van der Waals surface area contributed by atoms with Crippen molar-refractivity contribution in [1.29, 1.82) is 5.26 Å². The van der Waals surface area contributed by atoms with Crippen molar-refractivity contribution in [1.82, 2.24) is 0 Å². The van der Waals surface area contributed by atoms with E-state index in [4.69, 9.17) is 17.3 Å². The van der Waals surface area contributed by atoms with Gasteiger partial charge in [-0.3, -0.25) is 9.69 Å². The summed E-state index contributed by atoms with van der Waals surface area (Å²) in [5.74, 6) is 1.05. The van der Waals surface area contributed by atoms with Crippen molar-refractivity contribution >= 4 is 46.2 Å². The van der Waals surface area contributed by atoms with Gasteiger partial charge in [0.2, 0.25) is 0 Å². The number of ketones is 1. The number of aryl methyl sites for hydroxylation is 1. The predicted molar refractivity (Wildman–Crippen MR) is 129 cm³/mol. The lowest BCUT2D eigenvalue weighted by molar-refractivity contribution is -0.116. The van der Waals surface area contributed by atoms with E-state index in [1.54, 1.807) is 35.2 Å². The van der Waals surface area contributed by atoms with E-state index >= 15 is 0 Å². The van der Waals surface area contributed by atoms with Gasteiger partial charge in [-0.15, -0.1) is 23.1 Å². The van der Waals surface area contributed by atoms with Gasteiger partial charge in [-0.25, -0.2) is 0 Å².